The van der Waals surface area contributed by atoms with Crippen molar-refractivity contribution >= 4 is 17.6 Å². The molecular formula is C18H25NO4. The molecule has 0 aromatic heterocycles. The summed E-state index contributed by atoms with van der Waals surface area (Å²) in [5.74, 6) is 0.184. The van der Waals surface area contributed by atoms with Gasteiger partial charge in [-0.2, -0.15) is 0 Å². The summed E-state index contributed by atoms with van der Waals surface area (Å²) in [6.07, 6.45) is 4.63. The average molecular weight is 319 g/mol. The van der Waals surface area contributed by atoms with Gasteiger partial charge in [0, 0.05) is 12.6 Å². The van der Waals surface area contributed by atoms with Crippen molar-refractivity contribution in [1.29, 1.82) is 0 Å². The number of anilines is 1. The molecule has 1 aliphatic carbocycles. The minimum atomic E-state index is -0.354. The Balaban J connectivity index is 1.72. The van der Waals surface area contributed by atoms with Crippen LogP contribution in [0.2, 0.25) is 0 Å². The molecule has 126 valence electrons. The van der Waals surface area contributed by atoms with Crippen molar-refractivity contribution < 1.29 is 19.1 Å². The molecule has 1 aromatic carbocycles. The predicted octanol–water partition coefficient (Wildman–Crippen LogP) is 3.28. The van der Waals surface area contributed by atoms with E-state index in [2.05, 4.69) is 12.2 Å². The van der Waals surface area contributed by atoms with Crippen LogP contribution >= 0.6 is 0 Å². The number of rotatable bonds is 6. The normalized spacial score (nSPS) is 20.8. The molecule has 5 heteroatoms. The van der Waals surface area contributed by atoms with Crippen LogP contribution in [0.5, 0.6) is 0 Å². The number of ether oxygens (including phenoxy) is 2. The van der Waals surface area contributed by atoms with E-state index in [-0.39, 0.29) is 31.2 Å². The number of amides is 1. The average Bonchev–Trinajstić information content (AvgIpc) is 2.51. The van der Waals surface area contributed by atoms with E-state index < -0.39 is 0 Å². The Morgan fingerprint density at radius 1 is 1.30 bits per heavy atom. The number of esters is 1. The Morgan fingerprint density at radius 2 is 2.13 bits per heavy atom. The fraction of sp³-hybridized carbons (Fsp3) is 0.556. The molecule has 0 unspecified atom stereocenters. The summed E-state index contributed by atoms with van der Waals surface area (Å²) in [5, 5.41) is 2.70. The molecule has 1 aliphatic rings. The second-order valence-corrected chi connectivity index (χ2v) is 6.25. The van der Waals surface area contributed by atoms with Crippen molar-refractivity contribution in [1.82, 2.24) is 0 Å². The quantitative estimate of drug-likeness (QED) is 0.817. The molecule has 23 heavy (non-hydrogen) atoms. The van der Waals surface area contributed by atoms with Crippen molar-refractivity contribution in [2.45, 2.75) is 52.2 Å². The molecule has 1 saturated carbocycles. The third kappa shape index (κ3) is 6.40. The molecule has 1 amide bonds. The fourth-order valence-electron chi connectivity index (χ4n) is 2.86. The Hall–Kier alpha value is -1.88. The van der Waals surface area contributed by atoms with Gasteiger partial charge < -0.3 is 14.8 Å². The summed E-state index contributed by atoms with van der Waals surface area (Å²) in [5.41, 5.74) is 1.52. The zero-order chi connectivity index (χ0) is 16.7. The first-order valence-electron chi connectivity index (χ1n) is 8.16. The lowest BCUT2D eigenvalue weighted by atomic mass is 9.89. The van der Waals surface area contributed by atoms with E-state index in [0.717, 1.165) is 24.8 Å². The highest BCUT2D eigenvalue weighted by atomic mass is 16.6. The Labute approximate surface area is 137 Å². The van der Waals surface area contributed by atoms with E-state index in [0.29, 0.717) is 11.6 Å². The Bertz CT molecular complexity index is 544. The van der Waals surface area contributed by atoms with Gasteiger partial charge in [0.05, 0.1) is 6.10 Å². The summed E-state index contributed by atoms with van der Waals surface area (Å²) in [6.45, 7) is 3.85. The van der Waals surface area contributed by atoms with Gasteiger partial charge in [-0.1, -0.05) is 31.9 Å². The predicted molar refractivity (Wildman–Crippen MR) is 87.9 cm³/mol. The number of nitrogens with one attached hydrogen (secondary N) is 1. The summed E-state index contributed by atoms with van der Waals surface area (Å²) < 4.78 is 10.9. The van der Waals surface area contributed by atoms with Gasteiger partial charge in [0.25, 0.3) is 0 Å². The second kappa shape index (κ2) is 8.67. The van der Waals surface area contributed by atoms with Crippen LogP contribution in [0.15, 0.2) is 24.3 Å². The molecule has 2 rings (SSSR count). The van der Waals surface area contributed by atoms with Gasteiger partial charge in [-0.05, 0) is 36.5 Å². The largest absolute Gasteiger partial charge is 0.459 e. The first-order valence-corrected chi connectivity index (χ1v) is 8.16. The van der Waals surface area contributed by atoms with Crippen LogP contribution in [0.4, 0.5) is 5.69 Å². The lowest BCUT2D eigenvalue weighted by molar-refractivity contribution is -0.153. The molecule has 2 atom stereocenters. The first-order chi connectivity index (χ1) is 11.0. The lowest BCUT2D eigenvalue weighted by Gasteiger charge is -2.26. The molecular weight excluding hydrogens is 294 g/mol. The Kier molecular flexibility index (Phi) is 6.59. The van der Waals surface area contributed by atoms with E-state index in [4.69, 9.17) is 9.47 Å². The molecule has 0 radical (unpaired) electrons. The van der Waals surface area contributed by atoms with Gasteiger partial charge in [0.2, 0.25) is 5.91 Å². The highest BCUT2D eigenvalue weighted by Gasteiger charge is 2.20. The van der Waals surface area contributed by atoms with Crippen molar-refractivity contribution in [3.8, 4) is 0 Å². The van der Waals surface area contributed by atoms with Gasteiger partial charge in [0.1, 0.15) is 13.2 Å². The molecule has 1 aromatic rings. The Morgan fingerprint density at radius 3 is 2.87 bits per heavy atom. The number of carbonyl (C=O) groups is 2. The topological polar surface area (TPSA) is 64.6 Å². The standard InChI is InChI=1S/C18H25NO4/c1-13-5-3-8-17(9-13)22-12-18(21)23-11-15-6-4-7-16(10-15)19-14(2)20/h4,6-7,10,13,17H,3,5,8-9,11-12H2,1-2H3,(H,19,20)/t13-,17-/m0/s1. The van der Waals surface area contributed by atoms with Crippen LogP contribution in [0.25, 0.3) is 0 Å². The van der Waals surface area contributed by atoms with Crippen molar-refractivity contribution in [3.05, 3.63) is 29.8 Å². The molecule has 0 saturated heterocycles. The van der Waals surface area contributed by atoms with Crippen LogP contribution in [0, 0.1) is 5.92 Å². The van der Waals surface area contributed by atoms with Gasteiger partial charge in [-0.3, -0.25) is 4.79 Å². The molecule has 5 nitrogen and oxygen atoms in total. The van der Waals surface area contributed by atoms with Crippen molar-refractivity contribution in [3.63, 3.8) is 0 Å². The van der Waals surface area contributed by atoms with Gasteiger partial charge >= 0.3 is 5.97 Å². The molecule has 0 bridgehead atoms. The maximum absolute atomic E-state index is 11.8. The third-order valence-electron chi connectivity index (χ3n) is 3.97. The summed E-state index contributed by atoms with van der Waals surface area (Å²) in [7, 11) is 0. The zero-order valence-electron chi connectivity index (χ0n) is 13.8. The monoisotopic (exact) mass is 319 g/mol. The van der Waals surface area contributed by atoms with Gasteiger partial charge in [-0.25, -0.2) is 4.79 Å². The number of carbonyl (C=O) groups excluding carboxylic acids is 2. The smallest absolute Gasteiger partial charge is 0.332 e. The number of benzene rings is 1. The van der Waals surface area contributed by atoms with Crippen LogP contribution < -0.4 is 5.32 Å². The molecule has 1 N–H and O–H groups in total. The third-order valence-corrected chi connectivity index (χ3v) is 3.97. The van der Waals surface area contributed by atoms with Gasteiger partial charge in [0.15, 0.2) is 0 Å². The van der Waals surface area contributed by atoms with E-state index in [1.165, 1.54) is 13.3 Å². The maximum atomic E-state index is 11.8. The van der Waals surface area contributed by atoms with Crippen LogP contribution in [0.3, 0.4) is 0 Å². The SMILES string of the molecule is CC(=O)Nc1cccc(COC(=O)CO[C@H]2CCC[C@H](C)C2)c1. The number of hydrogen-bond donors (Lipinski definition) is 1. The lowest BCUT2D eigenvalue weighted by Crippen LogP contribution is -2.25. The first kappa shape index (κ1) is 17.5. The van der Waals surface area contributed by atoms with E-state index in [9.17, 15) is 9.59 Å². The highest BCUT2D eigenvalue weighted by Crippen LogP contribution is 2.25. The summed E-state index contributed by atoms with van der Waals surface area (Å²) in [6, 6.07) is 7.25. The van der Waals surface area contributed by atoms with Crippen LogP contribution in [-0.2, 0) is 25.7 Å². The summed E-state index contributed by atoms with van der Waals surface area (Å²) in [4.78, 5) is 22.8. The van der Waals surface area contributed by atoms with Crippen molar-refractivity contribution in [2.24, 2.45) is 5.92 Å². The fourth-order valence-corrected chi connectivity index (χ4v) is 2.86. The van der Waals surface area contributed by atoms with E-state index in [1.807, 2.05) is 12.1 Å². The van der Waals surface area contributed by atoms with Crippen LogP contribution in [-0.4, -0.2) is 24.6 Å². The van der Waals surface area contributed by atoms with Crippen LogP contribution in [0.1, 0.15) is 45.1 Å². The molecule has 1 fully saturated rings. The second-order valence-electron chi connectivity index (χ2n) is 6.25. The molecule has 0 spiro atoms. The van der Waals surface area contributed by atoms with Crippen molar-refractivity contribution in [2.75, 3.05) is 11.9 Å². The molecule has 0 heterocycles. The van der Waals surface area contributed by atoms with Gasteiger partial charge in [-0.15, -0.1) is 0 Å². The minimum absolute atomic E-state index is 0.00275. The molecule has 0 aliphatic heterocycles. The maximum Gasteiger partial charge on any atom is 0.332 e. The highest BCUT2D eigenvalue weighted by molar-refractivity contribution is 5.88. The minimum Gasteiger partial charge on any atom is -0.459 e. The van der Waals surface area contributed by atoms with E-state index in [1.54, 1.807) is 12.1 Å². The summed E-state index contributed by atoms with van der Waals surface area (Å²) >= 11 is 0. The zero-order valence-corrected chi connectivity index (χ0v) is 13.8. The van der Waals surface area contributed by atoms with E-state index >= 15 is 0 Å². The number of hydrogen-bond acceptors (Lipinski definition) is 4.